The molecule has 1 saturated carbocycles. The fraction of sp³-hybridized carbons (Fsp3) is 0.394. The predicted octanol–water partition coefficient (Wildman–Crippen LogP) is 6.32. The second-order valence-corrected chi connectivity index (χ2v) is 12.6. The minimum Gasteiger partial charge on any atom is -0.495 e. The molecule has 1 aliphatic carbocycles. The molecular weight excluding hydrogens is 548 g/mol. The number of hydrogen-bond acceptors (Lipinski definition) is 6. The lowest BCUT2D eigenvalue weighted by atomic mass is 9.80. The van der Waals surface area contributed by atoms with Crippen molar-refractivity contribution in [1.29, 1.82) is 0 Å². The number of aliphatic imine (C=N–C) groups is 1. The van der Waals surface area contributed by atoms with E-state index in [0.29, 0.717) is 61.0 Å². The standard InChI is InChI=1S/C33H40N4O4S/c1-5-24-9-8-12-31(32(24)34-6-2)42(39,40)35-28-15-13-27(21-23(28)3)33(38)37-19-17-36(18-20-37)29-16-14-26(22-30(29)41-4)25-10-7-11-25/h6,8-9,12-16,21-22,25,35H,5,7,10-11,17-20H2,1-4H3. The van der Waals surface area contributed by atoms with E-state index in [2.05, 4.69) is 32.8 Å². The number of piperazine rings is 1. The number of ether oxygens (including phenoxy) is 1. The van der Waals surface area contributed by atoms with Gasteiger partial charge in [-0.05, 0) is 92.1 Å². The Morgan fingerprint density at radius 1 is 1.07 bits per heavy atom. The Hall–Kier alpha value is -3.85. The first-order valence-electron chi connectivity index (χ1n) is 14.7. The number of anilines is 2. The monoisotopic (exact) mass is 588 g/mol. The third-order valence-electron chi connectivity index (χ3n) is 8.42. The van der Waals surface area contributed by atoms with Gasteiger partial charge in [-0.2, -0.15) is 0 Å². The maximum atomic E-state index is 13.4. The summed E-state index contributed by atoms with van der Waals surface area (Å²) < 4.78 is 35.2. The summed E-state index contributed by atoms with van der Waals surface area (Å²) in [7, 11) is -2.18. The molecule has 2 fully saturated rings. The van der Waals surface area contributed by atoms with Gasteiger partial charge in [0, 0.05) is 38.0 Å². The summed E-state index contributed by atoms with van der Waals surface area (Å²) in [6.07, 6.45) is 6.06. The molecule has 1 heterocycles. The number of nitrogens with one attached hydrogen (secondary N) is 1. The number of methoxy groups -OCH3 is 1. The van der Waals surface area contributed by atoms with Crippen LogP contribution in [-0.2, 0) is 16.4 Å². The van der Waals surface area contributed by atoms with Crippen LogP contribution in [0.1, 0.15) is 66.1 Å². The summed E-state index contributed by atoms with van der Waals surface area (Å²) in [5, 5.41) is 0. The molecule has 0 bridgehead atoms. The molecule has 0 aromatic heterocycles. The SMILES string of the molecule is CC=Nc1c(CC)cccc1S(=O)(=O)Nc1ccc(C(=O)N2CCN(c3ccc(C4CCC4)cc3OC)CC2)cc1C. The summed E-state index contributed by atoms with van der Waals surface area (Å²) in [6, 6.07) is 16.8. The fourth-order valence-corrected chi connectivity index (χ4v) is 7.07. The summed E-state index contributed by atoms with van der Waals surface area (Å²) in [5.74, 6) is 1.48. The lowest BCUT2D eigenvalue weighted by molar-refractivity contribution is 0.0746. The van der Waals surface area contributed by atoms with E-state index in [9.17, 15) is 13.2 Å². The van der Waals surface area contributed by atoms with Crippen molar-refractivity contribution >= 4 is 39.2 Å². The predicted molar refractivity (Wildman–Crippen MR) is 169 cm³/mol. The number of carbonyl (C=O) groups is 1. The van der Waals surface area contributed by atoms with Gasteiger partial charge in [0.15, 0.2) is 0 Å². The smallest absolute Gasteiger partial charge is 0.264 e. The topological polar surface area (TPSA) is 91.3 Å². The van der Waals surface area contributed by atoms with E-state index in [4.69, 9.17) is 4.74 Å². The molecule has 1 amide bonds. The van der Waals surface area contributed by atoms with Crippen LogP contribution < -0.4 is 14.4 Å². The van der Waals surface area contributed by atoms with Crippen molar-refractivity contribution in [2.45, 2.75) is 57.3 Å². The van der Waals surface area contributed by atoms with Crippen LogP contribution in [0.4, 0.5) is 17.1 Å². The number of aryl methyl sites for hydroxylation is 2. The van der Waals surface area contributed by atoms with Crippen LogP contribution in [0.2, 0.25) is 0 Å². The lowest BCUT2D eigenvalue weighted by Gasteiger charge is -2.37. The number of benzene rings is 3. The van der Waals surface area contributed by atoms with Crippen molar-refractivity contribution in [2.75, 3.05) is 42.9 Å². The largest absolute Gasteiger partial charge is 0.495 e. The van der Waals surface area contributed by atoms with Gasteiger partial charge in [0.1, 0.15) is 10.6 Å². The highest BCUT2D eigenvalue weighted by atomic mass is 32.2. The molecule has 1 saturated heterocycles. The molecule has 2 aliphatic rings. The maximum Gasteiger partial charge on any atom is 0.264 e. The number of para-hydroxylation sites is 1. The molecule has 0 unspecified atom stereocenters. The first kappa shape index (κ1) is 29.6. The highest BCUT2D eigenvalue weighted by Crippen LogP contribution is 2.40. The Labute approximate surface area is 249 Å². The summed E-state index contributed by atoms with van der Waals surface area (Å²) in [5.41, 5.74) is 5.37. The molecule has 5 rings (SSSR count). The average molecular weight is 589 g/mol. The van der Waals surface area contributed by atoms with Crippen LogP contribution in [0.3, 0.4) is 0 Å². The first-order valence-corrected chi connectivity index (χ1v) is 16.2. The minimum atomic E-state index is -3.89. The molecule has 42 heavy (non-hydrogen) atoms. The molecule has 222 valence electrons. The van der Waals surface area contributed by atoms with Crippen LogP contribution in [0.15, 0.2) is 64.5 Å². The quantitative estimate of drug-likeness (QED) is 0.296. The zero-order valence-electron chi connectivity index (χ0n) is 24.9. The van der Waals surface area contributed by atoms with E-state index in [1.165, 1.54) is 24.8 Å². The molecule has 0 radical (unpaired) electrons. The summed E-state index contributed by atoms with van der Waals surface area (Å²) in [4.78, 5) is 22.0. The molecule has 8 nitrogen and oxygen atoms in total. The highest BCUT2D eigenvalue weighted by Gasteiger charge is 2.27. The van der Waals surface area contributed by atoms with Gasteiger partial charge >= 0.3 is 0 Å². The number of rotatable bonds is 9. The van der Waals surface area contributed by atoms with Gasteiger partial charge in [0.25, 0.3) is 15.9 Å². The molecule has 1 aliphatic heterocycles. The molecule has 3 aromatic rings. The summed E-state index contributed by atoms with van der Waals surface area (Å²) >= 11 is 0. The number of carbonyl (C=O) groups excluding carboxylic acids is 1. The Morgan fingerprint density at radius 2 is 1.83 bits per heavy atom. The van der Waals surface area contributed by atoms with Crippen LogP contribution >= 0.6 is 0 Å². The fourth-order valence-electron chi connectivity index (χ4n) is 5.74. The Morgan fingerprint density at radius 3 is 2.45 bits per heavy atom. The van der Waals surface area contributed by atoms with E-state index in [-0.39, 0.29) is 10.8 Å². The van der Waals surface area contributed by atoms with E-state index >= 15 is 0 Å². The highest BCUT2D eigenvalue weighted by molar-refractivity contribution is 7.92. The van der Waals surface area contributed by atoms with Gasteiger partial charge in [-0.15, -0.1) is 0 Å². The molecule has 0 atom stereocenters. The van der Waals surface area contributed by atoms with Crippen LogP contribution in [0.25, 0.3) is 0 Å². The number of sulfonamides is 1. The van der Waals surface area contributed by atoms with Crippen LogP contribution in [0.5, 0.6) is 5.75 Å². The van der Waals surface area contributed by atoms with Gasteiger partial charge in [-0.25, -0.2) is 8.42 Å². The summed E-state index contributed by atoms with van der Waals surface area (Å²) in [6.45, 7) is 8.14. The maximum absolute atomic E-state index is 13.4. The van der Waals surface area contributed by atoms with Crippen molar-refractivity contribution in [1.82, 2.24) is 4.90 Å². The van der Waals surface area contributed by atoms with Crippen molar-refractivity contribution in [3.63, 3.8) is 0 Å². The van der Waals surface area contributed by atoms with Crippen LogP contribution in [0, 0.1) is 6.92 Å². The minimum absolute atomic E-state index is 0.0605. The second kappa shape index (κ2) is 12.6. The Bertz CT molecular complexity index is 1590. The molecule has 9 heteroatoms. The number of hydrogen-bond donors (Lipinski definition) is 1. The molecule has 1 N–H and O–H groups in total. The molecule has 3 aromatic carbocycles. The molecule has 0 spiro atoms. The Kier molecular flexibility index (Phi) is 8.87. The van der Waals surface area contributed by atoms with Crippen molar-refractivity contribution < 1.29 is 17.9 Å². The normalized spacial score (nSPS) is 16.0. The third kappa shape index (κ3) is 6.02. The van der Waals surface area contributed by atoms with E-state index in [0.717, 1.165) is 17.0 Å². The zero-order valence-corrected chi connectivity index (χ0v) is 25.7. The van der Waals surface area contributed by atoms with Crippen molar-refractivity contribution in [3.05, 3.63) is 76.9 Å². The van der Waals surface area contributed by atoms with Gasteiger partial charge in [-0.3, -0.25) is 14.5 Å². The zero-order chi connectivity index (χ0) is 29.9. The number of amides is 1. The van der Waals surface area contributed by atoms with E-state index < -0.39 is 10.0 Å². The van der Waals surface area contributed by atoms with Crippen LogP contribution in [-0.4, -0.2) is 58.7 Å². The van der Waals surface area contributed by atoms with E-state index in [1.807, 2.05) is 17.9 Å². The second-order valence-electron chi connectivity index (χ2n) is 11.0. The average Bonchev–Trinajstić information content (AvgIpc) is 2.97. The van der Waals surface area contributed by atoms with E-state index in [1.54, 1.807) is 57.5 Å². The lowest BCUT2D eigenvalue weighted by Crippen LogP contribution is -2.48. The van der Waals surface area contributed by atoms with Gasteiger partial charge in [0.2, 0.25) is 0 Å². The van der Waals surface area contributed by atoms with Crippen molar-refractivity contribution in [3.8, 4) is 5.75 Å². The molecular formula is C33H40N4O4S. The van der Waals surface area contributed by atoms with Gasteiger partial charge in [-0.1, -0.05) is 31.5 Å². The third-order valence-corrected chi connectivity index (χ3v) is 9.81. The van der Waals surface area contributed by atoms with Gasteiger partial charge in [0.05, 0.1) is 24.2 Å². The number of nitrogens with zero attached hydrogens (tertiary/aromatic N) is 3. The van der Waals surface area contributed by atoms with Crippen molar-refractivity contribution in [2.24, 2.45) is 4.99 Å². The Balaban J connectivity index is 1.26. The first-order chi connectivity index (χ1) is 20.2. The van der Waals surface area contributed by atoms with Gasteiger partial charge < -0.3 is 14.5 Å².